The Morgan fingerprint density at radius 2 is 1.80 bits per heavy atom. The van der Waals surface area contributed by atoms with Gasteiger partial charge in [-0.25, -0.2) is 23.1 Å². The highest BCUT2D eigenvalue weighted by molar-refractivity contribution is 5.67. The van der Waals surface area contributed by atoms with Gasteiger partial charge in [-0.2, -0.15) is 18.3 Å². The van der Waals surface area contributed by atoms with E-state index in [-0.39, 0.29) is 12.1 Å². The molecule has 12 heteroatoms. The van der Waals surface area contributed by atoms with Crippen molar-refractivity contribution < 1.29 is 27.1 Å². The predicted octanol–water partition coefficient (Wildman–Crippen LogP) is 4.49. The summed E-state index contributed by atoms with van der Waals surface area (Å²) in [6.45, 7) is 1.37. The first-order chi connectivity index (χ1) is 16.6. The average Bonchev–Trinajstić information content (AvgIpc) is 3.49. The molecule has 0 amide bonds. The largest absolute Gasteiger partial charge is 0.416 e. The van der Waals surface area contributed by atoms with Crippen LogP contribution in [0.5, 0.6) is 0 Å². The number of benzene rings is 2. The lowest BCUT2D eigenvalue weighted by Gasteiger charge is -2.34. The second kappa shape index (κ2) is 9.37. The Bertz CT molecular complexity index is 1320. The maximum atomic E-state index is 14.7. The summed E-state index contributed by atoms with van der Waals surface area (Å²) in [5.74, 6) is -1.74. The van der Waals surface area contributed by atoms with E-state index in [2.05, 4.69) is 20.4 Å². The zero-order valence-corrected chi connectivity index (χ0v) is 18.2. The number of nitrogens with zero attached hydrogens (tertiary/aromatic N) is 6. The highest BCUT2D eigenvalue weighted by Gasteiger charge is 2.41. The van der Waals surface area contributed by atoms with E-state index in [9.17, 15) is 27.1 Å². The van der Waals surface area contributed by atoms with Gasteiger partial charge in [-0.05, 0) is 36.8 Å². The topological polar surface area (TPSA) is 81.6 Å². The van der Waals surface area contributed by atoms with Crippen molar-refractivity contribution in [3.63, 3.8) is 0 Å². The third-order valence-electron chi connectivity index (χ3n) is 5.57. The normalized spacial score (nSPS) is 14.8. The number of hydrogen-bond donors (Lipinski definition) is 1. The van der Waals surface area contributed by atoms with Gasteiger partial charge in [-0.15, -0.1) is 5.10 Å². The van der Waals surface area contributed by atoms with Gasteiger partial charge >= 0.3 is 6.18 Å². The van der Waals surface area contributed by atoms with Crippen molar-refractivity contribution in [1.82, 2.24) is 29.8 Å². The van der Waals surface area contributed by atoms with Crippen LogP contribution in [0.25, 0.3) is 12.2 Å². The molecule has 2 heterocycles. The molecule has 35 heavy (non-hydrogen) atoms. The van der Waals surface area contributed by atoms with Crippen LogP contribution in [0.2, 0.25) is 0 Å². The molecule has 0 radical (unpaired) electrons. The zero-order valence-electron chi connectivity index (χ0n) is 18.2. The number of aromatic nitrogens is 6. The second-order valence-electron chi connectivity index (χ2n) is 7.89. The SMILES string of the molecule is C[C@@H](n1cc(/C=C/c2ccc(C(F)(F)F)cc2)nn1)[C@](O)(Cn1cncn1)c1ccc(F)cc1F. The van der Waals surface area contributed by atoms with Gasteiger partial charge in [0.15, 0.2) is 0 Å². The first-order valence-electron chi connectivity index (χ1n) is 10.3. The van der Waals surface area contributed by atoms with Crippen molar-refractivity contribution in [3.8, 4) is 0 Å². The van der Waals surface area contributed by atoms with Crippen LogP contribution in [0, 0.1) is 11.6 Å². The first kappa shape index (κ1) is 24.2. The Labute approximate surface area is 196 Å². The number of halogens is 5. The van der Waals surface area contributed by atoms with Gasteiger partial charge in [0.25, 0.3) is 0 Å². The lowest BCUT2D eigenvalue weighted by molar-refractivity contribution is -0.137. The summed E-state index contributed by atoms with van der Waals surface area (Å²) < 4.78 is 69.0. The summed E-state index contributed by atoms with van der Waals surface area (Å²) in [4.78, 5) is 3.83. The Balaban J connectivity index is 1.60. The highest BCUT2D eigenvalue weighted by Crippen LogP contribution is 2.36. The summed E-state index contributed by atoms with van der Waals surface area (Å²) in [7, 11) is 0. The van der Waals surface area contributed by atoms with Crippen LogP contribution in [-0.4, -0.2) is 34.9 Å². The quantitative estimate of drug-likeness (QED) is 0.386. The fourth-order valence-corrected chi connectivity index (χ4v) is 3.58. The molecule has 2 aromatic heterocycles. The summed E-state index contributed by atoms with van der Waals surface area (Å²) >= 11 is 0. The van der Waals surface area contributed by atoms with Crippen LogP contribution in [0.3, 0.4) is 0 Å². The minimum Gasteiger partial charge on any atom is -0.381 e. The molecule has 0 aliphatic rings. The zero-order chi connectivity index (χ0) is 25.2. The fraction of sp³-hybridized carbons (Fsp3) is 0.217. The standard InChI is InChI=1S/C23H19F5N6O/c1-15(22(35,12-33-14-29-13-30-33)20-9-7-18(24)10-21(20)25)34-11-19(31-32-34)8-4-16-2-5-17(6-3-16)23(26,27)28/h2-11,13-15,35H,12H2,1H3/b8-4+/t15-,22-/m1/s1. The van der Waals surface area contributed by atoms with Crippen LogP contribution in [0.4, 0.5) is 22.0 Å². The molecule has 1 N–H and O–H groups in total. The highest BCUT2D eigenvalue weighted by atomic mass is 19.4. The van der Waals surface area contributed by atoms with E-state index in [1.54, 1.807) is 13.0 Å². The molecule has 0 spiro atoms. The minimum atomic E-state index is -4.42. The van der Waals surface area contributed by atoms with Crippen molar-refractivity contribution in [3.05, 3.63) is 95.3 Å². The molecule has 0 aliphatic carbocycles. The number of rotatable bonds is 7. The number of alkyl halides is 3. The molecule has 4 rings (SSSR count). The van der Waals surface area contributed by atoms with Gasteiger partial charge in [0.2, 0.25) is 0 Å². The molecule has 0 saturated carbocycles. The molecule has 0 aliphatic heterocycles. The van der Waals surface area contributed by atoms with Gasteiger partial charge in [0.1, 0.15) is 35.6 Å². The van der Waals surface area contributed by atoms with Crippen molar-refractivity contribution in [2.45, 2.75) is 31.3 Å². The molecule has 0 unspecified atom stereocenters. The molecule has 0 fully saturated rings. The van der Waals surface area contributed by atoms with E-state index >= 15 is 0 Å². The van der Waals surface area contributed by atoms with Crippen molar-refractivity contribution >= 4 is 12.2 Å². The maximum absolute atomic E-state index is 14.7. The van der Waals surface area contributed by atoms with Crippen LogP contribution >= 0.6 is 0 Å². The maximum Gasteiger partial charge on any atom is 0.416 e. The van der Waals surface area contributed by atoms with Crippen LogP contribution in [0.15, 0.2) is 61.3 Å². The van der Waals surface area contributed by atoms with E-state index in [1.165, 1.54) is 46.4 Å². The van der Waals surface area contributed by atoms with Gasteiger partial charge in [0.05, 0.1) is 24.3 Å². The summed E-state index contributed by atoms with van der Waals surface area (Å²) in [5.41, 5.74) is -1.99. The van der Waals surface area contributed by atoms with E-state index in [4.69, 9.17) is 0 Å². The van der Waals surface area contributed by atoms with Gasteiger partial charge in [0, 0.05) is 11.6 Å². The summed E-state index contributed by atoms with van der Waals surface area (Å²) in [6, 6.07) is 6.56. The average molecular weight is 490 g/mol. The third kappa shape index (κ3) is 5.27. The fourth-order valence-electron chi connectivity index (χ4n) is 3.58. The molecular weight excluding hydrogens is 471 g/mol. The molecular formula is C23H19F5N6O. The van der Waals surface area contributed by atoms with E-state index < -0.39 is 35.0 Å². The Kier molecular flexibility index (Phi) is 6.48. The molecule has 2 aromatic carbocycles. The lowest BCUT2D eigenvalue weighted by Crippen LogP contribution is -2.41. The monoisotopic (exact) mass is 490 g/mol. The van der Waals surface area contributed by atoms with E-state index in [0.717, 1.165) is 24.3 Å². The Morgan fingerprint density at radius 1 is 1.06 bits per heavy atom. The molecule has 0 bridgehead atoms. The van der Waals surface area contributed by atoms with Crippen molar-refractivity contribution in [2.24, 2.45) is 0 Å². The van der Waals surface area contributed by atoms with Gasteiger partial charge < -0.3 is 5.11 Å². The predicted molar refractivity (Wildman–Crippen MR) is 115 cm³/mol. The smallest absolute Gasteiger partial charge is 0.381 e. The number of hydrogen-bond acceptors (Lipinski definition) is 5. The first-order valence-corrected chi connectivity index (χ1v) is 10.3. The van der Waals surface area contributed by atoms with Crippen LogP contribution in [-0.2, 0) is 18.3 Å². The molecule has 182 valence electrons. The molecule has 4 aromatic rings. The van der Waals surface area contributed by atoms with Crippen LogP contribution < -0.4 is 0 Å². The van der Waals surface area contributed by atoms with Crippen LogP contribution in [0.1, 0.15) is 35.3 Å². The van der Waals surface area contributed by atoms with Crippen molar-refractivity contribution in [1.29, 1.82) is 0 Å². The molecule has 7 nitrogen and oxygen atoms in total. The molecule has 2 atom stereocenters. The number of aliphatic hydroxyl groups is 1. The van der Waals surface area contributed by atoms with E-state index in [0.29, 0.717) is 17.3 Å². The van der Waals surface area contributed by atoms with Gasteiger partial charge in [-0.3, -0.25) is 0 Å². The Hall–Kier alpha value is -3.93. The Morgan fingerprint density at radius 3 is 2.43 bits per heavy atom. The third-order valence-corrected chi connectivity index (χ3v) is 5.57. The lowest BCUT2D eigenvalue weighted by atomic mass is 9.86. The summed E-state index contributed by atoms with van der Waals surface area (Å²) in [6.07, 6.45) is 2.76. The van der Waals surface area contributed by atoms with E-state index in [1.807, 2.05) is 0 Å². The van der Waals surface area contributed by atoms with Crippen molar-refractivity contribution in [2.75, 3.05) is 0 Å². The van der Waals surface area contributed by atoms with Gasteiger partial charge in [-0.1, -0.05) is 29.5 Å². The molecule has 0 saturated heterocycles. The minimum absolute atomic E-state index is 0.167. The summed E-state index contributed by atoms with van der Waals surface area (Å²) in [5, 5.41) is 23.6. The second-order valence-corrected chi connectivity index (χ2v) is 7.89.